The predicted octanol–water partition coefficient (Wildman–Crippen LogP) is 2.92. The summed E-state index contributed by atoms with van der Waals surface area (Å²) >= 11 is 1.46. The summed E-state index contributed by atoms with van der Waals surface area (Å²) in [5.74, 6) is 0.374. The third-order valence-corrected chi connectivity index (χ3v) is 5.75. The summed E-state index contributed by atoms with van der Waals surface area (Å²) < 4.78 is 2.20. The smallest absolute Gasteiger partial charge is 0.186 e. The highest BCUT2D eigenvalue weighted by Crippen LogP contribution is 2.33. The fourth-order valence-corrected chi connectivity index (χ4v) is 4.38. The molecule has 124 valence electrons. The number of hydrogen-bond donors (Lipinski definition) is 1. The Morgan fingerprint density at radius 3 is 3.08 bits per heavy atom. The van der Waals surface area contributed by atoms with Gasteiger partial charge in [0, 0.05) is 37.1 Å². The maximum atomic E-state index is 9.03. The summed E-state index contributed by atoms with van der Waals surface area (Å²) in [6.07, 6.45) is 9.57. The molecule has 7 nitrogen and oxygen atoms in total. The van der Waals surface area contributed by atoms with Crippen molar-refractivity contribution in [1.29, 1.82) is 5.26 Å². The van der Waals surface area contributed by atoms with Crippen LogP contribution in [0.2, 0.25) is 0 Å². The lowest BCUT2D eigenvalue weighted by molar-refractivity contribution is 0.500. The van der Waals surface area contributed by atoms with Crippen LogP contribution in [-0.4, -0.2) is 37.4 Å². The van der Waals surface area contributed by atoms with Crippen molar-refractivity contribution in [1.82, 2.24) is 24.3 Å². The fourth-order valence-electron chi connectivity index (χ4n) is 3.64. The average molecular weight is 349 g/mol. The van der Waals surface area contributed by atoms with E-state index in [1.165, 1.54) is 17.0 Å². The van der Waals surface area contributed by atoms with E-state index in [1.54, 1.807) is 6.20 Å². The van der Waals surface area contributed by atoms with E-state index >= 15 is 0 Å². The van der Waals surface area contributed by atoms with Gasteiger partial charge >= 0.3 is 0 Å². The van der Waals surface area contributed by atoms with E-state index in [9.17, 15) is 0 Å². The zero-order valence-corrected chi connectivity index (χ0v) is 14.2. The first-order valence-corrected chi connectivity index (χ1v) is 9.05. The maximum Gasteiger partial charge on any atom is 0.186 e. The molecule has 1 aliphatic heterocycles. The fraction of sp³-hybridized carbons (Fsp3) is 0.294. The molecule has 0 radical (unpaired) electrons. The number of thiazole rings is 1. The van der Waals surface area contributed by atoms with Gasteiger partial charge in [0.05, 0.1) is 17.9 Å². The number of aromatic amines is 1. The molecule has 5 heterocycles. The Labute approximate surface area is 147 Å². The third-order valence-electron chi connectivity index (χ3n) is 4.78. The van der Waals surface area contributed by atoms with Crippen molar-refractivity contribution in [3.05, 3.63) is 41.4 Å². The minimum atomic E-state index is 0.374. The number of nitriles is 1. The molecule has 0 aliphatic carbocycles. The van der Waals surface area contributed by atoms with Crippen LogP contribution in [0.15, 0.2) is 30.9 Å². The maximum absolute atomic E-state index is 9.03. The summed E-state index contributed by atoms with van der Waals surface area (Å²) in [6.45, 7) is 1.87. The molecular weight excluding hydrogens is 334 g/mol. The van der Waals surface area contributed by atoms with Crippen LogP contribution in [0, 0.1) is 11.3 Å². The largest absolute Gasteiger partial charge is 0.347 e. The van der Waals surface area contributed by atoms with Gasteiger partial charge in [-0.2, -0.15) is 5.26 Å². The Hall–Kier alpha value is -2.92. The van der Waals surface area contributed by atoms with Gasteiger partial charge in [0.2, 0.25) is 0 Å². The second-order valence-corrected chi connectivity index (χ2v) is 7.26. The molecular formula is C17H15N7S. The highest BCUT2D eigenvalue weighted by molar-refractivity contribution is 7.16. The van der Waals surface area contributed by atoms with Gasteiger partial charge in [0.25, 0.3) is 0 Å². The molecule has 0 amide bonds. The Morgan fingerprint density at radius 2 is 2.20 bits per heavy atom. The molecule has 8 heteroatoms. The van der Waals surface area contributed by atoms with Crippen LogP contribution in [0.25, 0.3) is 16.8 Å². The van der Waals surface area contributed by atoms with Crippen LogP contribution < -0.4 is 4.90 Å². The first-order chi connectivity index (χ1) is 12.3. The molecule has 1 N–H and O–H groups in total. The van der Waals surface area contributed by atoms with Gasteiger partial charge < -0.3 is 9.88 Å². The van der Waals surface area contributed by atoms with E-state index in [0.29, 0.717) is 10.8 Å². The number of hydrogen-bond acceptors (Lipinski definition) is 6. The molecule has 25 heavy (non-hydrogen) atoms. The third kappa shape index (κ3) is 2.27. The summed E-state index contributed by atoms with van der Waals surface area (Å²) in [4.78, 5) is 19.5. The van der Waals surface area contributed by atoms with Gasteiger partial charge in [-0.25, -0.2) is 15.0 Å². The lowest BCUT2D eigenvalue weighted by atomic mass is 9.95. The van der Waals surface area contributed by atoms with Gasteiger partial charge in [-0.1, -0.05) is 11.3 Å². The number of nitrogens with one attached hydrogen (secondary N) is 1. The average Bonchev–Trinajstić information content (AvgIpc) is 3.38. The molecule has 1 fully saturated rings. The van der Waals surface area contributed by atoms with E-state index in [2.05, 4.69) is 35.3 Å². The van der Waals surface area contributed by atoms with Crippen molar-refractivity contribution >= 4 is 33.3 Å². The number of piperidine rings is 1. The molecule has 4 aromatic rings. The molecule has 5 rings (SSSR count). The van der Waals surface area contributed by atoms with Crippen LogP contribution in [-0.2, 0) is 0 Å². The highest BCUT2D eigenvalue weighted by Gasteiger charge is 2.26. The summed E-state index contributed by atoms with van der Waals surface area (Å²) in [5, 5.41) is 9.97. The Bertz CT molecular complexity index is 1100. The van der Waals surface area contributed by atoms with Crippen molar-refractivity contribution in [2.75, 3.05) is 18.0 Å². The standard InChI is InChI=1S/C17H15N7S/c18-6-12-7-22-17(25-12)23-5-1-2-11(10-23)14-8-20-15-9-21-16-13(24(14)15)3-4-19-16/h3-4,7-9,11,19H,1-2,5,10H2/t11-/m0/s1. The number of rotatable bonds is 2. The van der Waals surface area contributed by atoms with E-state index in [4.69, 9.17) is 5.26 Å². The second kappa shape index (κ2) is 5.57. The van der Waals surface area contributed by atoms with E-state index in [1.807, 2.05) is 24.7 Å². The number of nitrogens with zero attached hydrogens (tertiary/aromatic N) is 6. The lowest BCUT2D eigenvalue weighted by Crippen LogP contribution is -2.34. The number of aromatic nitrogens is 5. The summed E-state index contributed by atoms with van der Waals surface area (Å²) in [7, 11) is 0. The van der Waals surface area contributed by atoms with Gasteiger partial charge in [0.15, 0.2) is 16.4 Å². The van der Waals surface area contributed by atoms with Crippen molar-refractivity contribution in [2.45, 2.75) is 18.8 Å². The molecule has 0 bridgehead atoms. The first-order valence-electron chi connectivity index (χ1n) is 8.24. The van der Waals surface area contributed by atoms with Crippen LogP contribution in [0.1, 0.15) is 29.3 Å². The molecule has 1 saturated heterocycles. The van der Waals surface area contributed by atoms with Gasteiger partial charge in [-0.05, 0) is 18.9 Å². The quantitative estimate of drug-likeness (QED) is 0.601. The van der Waals surface area contributed by atoms with E-state index < -0.39 is 0 Å². The van der Waals surface area contributed by atoms with Crippen LogP contribution >= 0.6 is 11.3 Å². The molecule has 4 aromatic heterocycles. The van der Waals surface area contributed by atoms with Crippen molar-refractivity contribution in [3.8, 4) is 6.07 Å². The van der Waals surface area contributed by atoms with Crippen molar-refractivity contribution in [3.63, 3.8) is 0 Å². The highest BCUT2D eigenvalue weighted by atomic mass is 32.1. The molecule has 0 spiro atoms. The topological polar surface area (TPSA) is 85.9 Å². The van der Waals surface area contributed by atoms with Crippen LogP contribution in [0.5, 0.6) is 0 Å². The predicted molar refractivity (Wildman–Crippen MR) is 95.9 cm³/mol. The van der Waals surface area contributed by atoms with Gasteiger partial charge in [-0.15, -0.1) is 0 Å². The van der Waals surface area contributed by atoms with E-state index in [-0.39, 0.29) is 0 Å². The minimum absolute atomic E-state index is 0.374. The second-order valence-electron chi connectivity index (χ2n) is 6.25. The number of imidazole rings is 1. The normalized spacial score (nSPS) is 18.0. The van der Waals surface area contributed by atoms with Crippen LogP contribution in [0.4, 0.5) is 5.13 Å². The zero-order valence-electron chi connectivity index (χ0n) is 13.4. The van der Waals surface area contributed by atoms with Crippen molar-refractivity contribution in [2.24, 2.45) is 0 Å². The zero-order chi connectivity index (χ0) is 16.8. The van der Waals surface area contributed by atoms with Crippen LogP contribution in [0.3, 0.4) is 0 Å². The Morgan fingerprint density at radius 1 is 1.24 bits per heavy atom. The molecule has 1 atom stereocenters. The first kappa shape index (κ1) is 14.4. The molecule has 0 unspecified atom stereocenters. The number of H-pyrrole nitrogens is 1. The van der Waals surface area contributed by atoms with Gasteiger partial charge in [0.1, 0.15) is 10.9 Å². The molecule has 1 aliphatic rings. The SMILES string of the molecule is N#Cc1cnc(N2CCC[C@H](c3cnc4cnc5[nH]ccc5n34)C2)s1. The minimum Gasteiger partial charge on any atom is -0.347 e. The summed E-state index contributed by atoms with van der Waals surface area (Å²) in [5.41, 5.74) is 4.02. The van der Waals surface area contributed by atoms with Gasteiger partial charge in [-0.3, -0.25) is 4.40 Å². The molecule has 0 saturated carbocycles. The number of anilines is 1. The molecule has 0 aromatic carbocycles. The lowest BCUT2D eigenvalue weighted by Gasteiger charge is -2.32. The summed E-state index contributed by atoms with van der Waals surface area (Å²) in [6, 6.07) is 4.21. The monoisotopic (exact) mass is 349 g/mol. The Kier molecular flexibility index (Phi) is 3.21. The Balaban J connectivity index is 1.53. The van der Waals surface area contributed by atoms with Crippen molar-refractivity contribution < 1.29 is 0 Å². The van der Waals surface area contributed by atoms with E-state index in [0.717, 1.165) is 47.9 Å². The number of fused-ring (bicyclic) bond motifs is 3.